The Morgan fingerprint density at radius 2 is 2.27 bits per heavy atom. The zero-order valence-electron chi connectivity index (χ0n) is 7.58. The average Bonchev–Trinajstić information content (AvgIpc) is 2.65. The van der Waals surface area contributed by atoms with Gasteiger partial charge in [-0.3, -0.25) is 0 Å². The summed E-state index contributed by atoms with van der Waals surface area (Å²) in [6.45, 7) is 0. The van der Waals surface area contributed by atoms with E-state index in [-0.39, 0.29) is 5.88 Å². The van der Waals surface area contributed by atoms with Gasteiger partial charge in [-0.2, -0.15) is 0 Å². The second-order valence-electron chi connectivity index (χ2n) is 2.77. The first-order chi connectivity index (χ1) is 7.28. The largest absolute Gasteiger partial charge is 0.407 e. The van der Waals surface area contributed by atoms with Crippen LogP contribution in [0.4, 0.5) is 11.7 Å². The second kappa shape index (κ2) is 4.80. The van der Waals surface area contributed by atoms with Gasteiger partial charge in [-0.05, 0) is 40.8 Å². The Balaban J connectivity index is 2.14. The minimum absolute atomic E-state index is 0.223. The van der Waals surface area contributed by atoms with E-state index < -0.39 is 0 Å². The van der Waals surface area contributed by atoms with Crippen molar-refractivity contribution in [2.75, 3.05) is 5.32 Å². The monoisotopic (exact) mass is 335 g/mol. The maximum absolute atomic E-state index is 5.54. The number of hydrogen-bond acceptors (Lipinski definition) is 4. The van der Waals surface area contributed by atoms with Crippen molar-refractivity contribution in [3.8, 4) is 0 Å². The summed E-state index contributed by atoms with van der Waals surface area (Å²) in [5.74, 6) is 0.630. The number of nitrogens with zero attached hydrogens (tertiary/aromatic N) is 2. The fourth-order valence-corrected chi connectivity index (χ4v) is 1.70. The molecule has 1 aromatic carbocycles. The highest BCUT2D eigenvalue weighted by Gasteiger charge is 2.04. The number of hydrogen-bond donors (Lipinski definition) is 1. The molecule has 0 unspecified atom stereocenters. The van der Waals surface area contributed by atoms with Gasteiger partial charge in [0.15, 0.2) is 0 Å². The van der Waals surface area contributed by atoms with Gasteiger partial charge in [0, 0.05) is 9.26 Å². The highest BCUT2D eigenvalue weighted by Crippen LogP contribution is 2.17. The van der Waals surface area contributed by atoms with E-state index in [0.29, 0.717) is 11.9 Å². The number of nitrogens with one attached hydrogen (secondary N) is 1. The van der Waals surface area contributed by atoms with E-state index in [1.165, 1.54) is 0 Å². The van der Waals surface area contributed by atoms with Gasteiger partial charge in [0.05, 0.1) is 0 Å². The molecule has 78 valence electrons. The Morgan fingerprint density at radius 3 is 2.93 bits per heavy atom. The van der Waals surface area contributed by atoms with Crippen LogP contribution in [0, 0.1) is 3.57 Å². The zero-order valence-corrected chi connectivity index (χ0v) is 10.5. The van der Waals surface area contributed by atoms with Crippen molar-refractivity contribution in [3.05, 3.63) is 33.7 Å². The first-order valence-corrected chi connectivity index (χ1v) is 5.80. The summed E-state index contributed by atoms with van der Waals surface area (Å²) in [4.78, 5) is 0. The van der Waals surface area contributed by atoms with E-state index in [1.807, 2.05) is 24.3 Å². The molecule has 0 saturated carbocycles. The minimum Gasteiger partial charge on any atom is -0.407 e. The van der Waals surface area contributed by atoms with Crippen molar-refractivity contribution in [2.24, 2.45) is 0 Å². The van der Waals surface area contributed by atoms with Crippen LogP contribution in [0.2, 0.25) is 0 Å². The van der Waals surface area contributed by atoms with Crippen LogP contribution in [0.25, 0.3) is 0 Å². The molecule has 0 spiro atoms. The van der Waals surface area contributed by atoms with E-state index >= 15 is 0 Å². The van der Waals surface area contributed by atoms with Crippen molar-refractivity contribution >= 4 is 45.9 Å². The lowest BCUT2D eigenvalue weighted by molar-refractivity contribution is 0.530. The number of alkyl halides is 1. The molecule has 1 N–H and O–H groups in total. The predicted octanol–water partition coefficient (Wildman–Crippen LogP) is 3.16. The van der Waals surface area contributed by atoms with Crippen molar-refractivity contribution in [2.45, 2.75) is 5.88 Å². The van der Waals surface area contributed by atoms with E-state index in [2.05, 4.69) is 38.1 Å². The molecular weight excluding hydrogens is 328 g/mol. The van der Waals surface area contributed by atoms with Gasteiger partial charge in [-0.15, -0.1) is 16.7 Å². The van der Waals surface area contributed by atoms with Crippen molar-refractivity contribution < 1.29 is 4.42 Å². The SMILES string of the molecule is ClCc1nnc(Nc2cccc(I)c2)o1. The summed E-state index contributed by atoms with van der Waals surface area (Å²) in [7, 11) is 0. The molecule has 15 heavy (non-hydrogen) atoms. The molecule has 0 atom stereocenters. The topological polar surface area (TPSA) is 51.0 Å². The molecule has 0 saturated heterocycles. The van der Waals surface area contributed by atoms with Crippen LogP contribution in [0.3, 0.4) is 0 Å². The predicted molar refractivity (Wildman–Crippen MR) is 66.3 cm³/mol. The van der Waals surface area contributed by atoms with Gasteiger partial charge < -0.3 is 9.73 Å². The van der Waals surface area contributed by atoms with Gasteiger partial charge in [-0.1, -0.05) is 11.2 Å². The van der Waals surface area contributed by atoms with Crippen LogP contribution in [-0.2, 0) is 5.88 Å². The van der Waals surface area contributed by atoms with Gasteiger partial charge in [0.25, 0.3) is 0 Å². The zero-order chi connectivity index (χ0) is 10.7. The van der Waals surface area contributed by atoms with Crippen LogP contribution in [-0.4, -0.2) is 10.2 Å². The van der Waals surface area contributed by atoms with Gasteiger partial charge in [0.2, 0.25) is 5.89 Å². The molecule has 0 bridgehead atoms. The first kappa shape index (κ1) is 10.7. The molecule has 0 fully saturated rings. The lowest BCUT2D eigenvalue weighted by Gasteiger charge is -2.00. The summed E-state index contributed by atoms with van der Waals surface area (Å²) in [6.07, 6.45) is 0. The Bertz CT molecular complexity index is 460. The van der Waals surface area contributed by atoms with Crippen molar-refractivity contribution in [1.29, 1.82) is 0 Å². The van der Waals surface area contributed by atoms with E-state index in [0.717, 1.165) is 9.26 Å². The molecule has 2 rings (SSSR count). The van der Waals surface area contributed by atoms with Crippen molar-refractivity contribution in [3.63, 3.8) is 0 Å². The van der Waals surface area contributed by atoms with Gasteiger partial charge in [-0.25, -0.2) is 0 Å². The number of aromatic nitrogens is 2. The standard InChI is InChI=1S/C9H7ClIN3O/c10-5-8-13-14-9(15-8)12-7-3-1-2-6(11)4-7/h1-4H,5H2,(H,12,14). The molecule has 1 aromatic heterocycles. The number of halogens is 2. The van der Waals surface area contributed by atoms with Crippen LogP contribution in [0.15, 0.2) is 28.7 Å². The number of anilines is 2. The molecule has 0 aliphatic carbocycles. The van der Waals surface area contributed by atoms with Crippen LogP contribution in [0.5, 0.6) is 0 Å². The number of benzene rings is 1. The third-order valence-electron chi connectivity index (χ3n) is 1.66. The first-order valence-electron chi connectivity index (χ1n) is 4.19. The average molecular weight is 336 g/mol. The third kappa shape index (κ3) is 2.82. The lowest BCUT2D eigenvalue weighted by atomic mass is 10.3. The van der Waals surface area contributed by atoms with Crippen molar-refractivity contribution in [1.82, 2.24) is 10.2 Å². The fourth-order valence-electron chi connectivity index (χ4n) is 1.05. The smallest absolute Gasteiger partial charge is 0.320 e. The van der Waals surface area contributed by atoms with Crippen LogP contribution >= 0.6 is 34.2 Å². The fraction of sp³-hybridized carbons (Fsp3) is 0.111. The minimum atomic E-state index is 0.223. The summed E-state index contributed by atoms with van der Waals surface area (Å²) in [5.41, 5.74) is 0.909. The van der Waals surface area contributed by atoms with Crippen LogP contribution in [0.1, 0.15) is 5.89 Å². The molecule has 4 nitrogen and oxygen atoms in total. The molecule has 0 amide bonds. The molecule has 1 heterocycles. The second-order valence-corrected chi connectivity index (χ2v) is 4.28. The highest BCUT2D eigenvalue weighted by molar-refractivity contribution is 14.1. The van der Waals surface area contributed by atoms with Gasteiger partial charge in [0.1, 0.15) is 5.88 Å². The van der Waals surface area contributed by atoms with Gasteiger partial charge >= 0.3 is 6.01 Å². The summed E-state index contributed by atoms with van der Waals surface area (Å²) in [6, 6.07) is 8.21. The Kier molecular flexibility index (Phi) is 3.42. The quantitative estimate of drug-likeness (QED) is 0.691. The summed E-state index contributed by atoms with van der Waals surface area (Å²) >= 11 is 7.78. The lowest BCUT2D eigenvalue weighted by Crippen LogP contribution is -1.90. The molecule has 2 aromatic rings. The molecule has 0 aliphatic rings. The molecule has 0 aliphatic heterocycles. The molecule has 6 heteroatoms. The van der Waals surface area contributed by atoms with E-state index in [1.54, 1.807) is 0 Å². The maximum Gasteiger partial charge on any atom is 0.320 e. The van der Waals surface area contributed by atoms with E-state index in [4.69, 9.17) is 16.0 Å². The Morgan fingerprint density at radius 1 is 1.40 bits per heavy atom. The Hall–Kier alpha value is -0.820. The summed E-state index contributed by atoms with van der Waals surface area (Å²) in [5, 5.41) is 10.5. The number of rotatable bonds is 3. The molecule has 0 radical (unpaired) electrons. The highest BCUT2D eigenvalue weighted by atomic mass is 127. The third-order valence-corrected chi connectivity index (χ3v) is 2.56. The van der Waals surface area contributed by atoms with E-state index in [9.17, 15) is 0 Å². The molecular formula is C9H7ClIN3O. The summed E-state index contributed by atoms with van der Waals surface area (Å²) < 4.78 is 6.34. The normalized spacial score (nSPS) is 10.3. The van der Waals surface area contributed by atoms with Crippen LogP contribution < -0.4 is 5.32 Å². The maximum atomic E-state index is 5.54. The Labute approximate surface area is 105 Å².